The van der Waals surface area contributed by atoms with E-state index < -0.39 is 0 Å². The predicted molar refractivity (Wildman–Crippen MR) is 95.9 cm³/mol. The highest BCUT2D eigenvalue weighted by Gasteiger charge is 2.12. The van der Waals surface area contributed by atoms with Crippen LogP contribution in [-0.4, -0.2) is 22.6 Å². The van der Waals surface area contributed by atoms with Gasteiger partial charge in [0.1, 0.15) is 5.82 Å². The van der Waals surface area contributed by atoms with Crippen LogP contribution in [0.1, 0.15) is 41.0 Å². The number of aryl methyl sites for hydroxylation is 3. The number of fused-ring (bicyclic) bond motifs is 1. The van der Waals surface area contributed by atoms with Gasteiger partial charge in [-0.2, -0.15) is 0 Å². The number of aromatic nitrogens is 2. The van der Waals surface area contributed by atoms with E-state index >= 15 is 0 Å². The lowest BCUT2D eigenvalue weighted by Gasteiger charge is -2.11. The lowest BCUT2D eigenvalue weighted by molar-refractivity contribution is 0.522. The van der Waals surface area contributed by atoms with Crippen LogP contribution >= 0.6 is 11.3 Å². The molecule has 0 saturated carbocycles. The third kappa shape index (κ3) is 4.13. The molecule has 5 nitrogen and oxygen atoms in total. The van der Waals surface area contributed by atoms with E-state index in [0.717, 1.165) is 37.6 Å². The zero-order chi connectivity index (χ0) is 16.1. The number of nitrogens with zero attached hydrogens (tertiary/aromatic N) is 3. The highest BCUT2D eigenvalue weighted by molar-refractivity contribution is 7.11. The lowest BCUT2D eigenvalue weighted by atomic mass is 10.2. The molecule has 0 spiro atoms. The minimum atomic E-state index is 0.713. The highest BCUT2D eigenvalue weighted by atomic mass is 32.1. The fourth-order valence-corrected chi connectivity index (χ4v) is 3.73. The molecule has 23 heavy (non-hydrogen) atoms. The third-order valence-electron chi connectivity index (χ3n) is 4.11. The van der Waals surface area contributed by atoms with Gasteiger partial charge in [-0.25, -0.2) is 4.98 Å². The van der Waals surface area contributed by atoms with Crippen molar-refractivity contribution >= 4 is 17.3 Å². The van der Waals surface area contributed by atoms with Crippen LogP contribution < -0.4 is 10.6 Å². The van der Waals surface area contributed by atoms with Gasteiger partial charge < -0.3 is 15.2 Å². The summed E-state index contributed by atoms with van der Waals surface area (Å²) in [6.45, 7) is 4.82. The molecule has 0 amide bonds. The van der Waals surface area contributed by atoms with E-state index in [1.165, 1.54) is 28.4 Å². The first-order valence-corrected chi connectivity index (χ1v) is 9.17. The molecule has 0 unspecified atom stereocenters. The molecule has 0 aromatic carbocycles. The number of guanidine groups is 1. The van der Waals surface area contributed by atoms with E-state index in [9.17, 15) is 0 Å². The average Bonchev–Trinajstić information content (AvgIpc) is 3.21. The number of rotatable bonds is 5. The number of hydrogen-bond acceptors (Lipinski definition) is 3. The maximum absolute atomic E-state index is 4.71. The van der Waals surface area contributed by atoms with Gasteiger partial charge in [0, 0.05) is 36.0 Å². The third-order valence-corrected chi connectivity index (χ3v) is 5.34. The number of hydrogen-bond donors (Lipinski definition) is 2. The van der Waals surface area contributed by atoms with Crippen molar-refractivity contribution in [3.05, 3.63) is 39.6 Å². The Morgan fingerprint density at radius 2 is 2.09 bits per heavy atom. The van der Waals surface area contributed by atoms with Crippen molar-refractivity contribution in [3.8, 4) is 0 Å². The van der Waals surface area contributed by atoms with E-state index in [0.29, 0.717) is 6.54 Å². The summed E-state index contributed by atoms with van der Waals surface area (Å²) in [5.74, 6) is 2.05. The highest BCUT2D eigenvalue weighted by Crippen LogP contribution is 2.16. The Morgan fingerprint density at radius 1 is 1.26 bits per heavy atom. The summed E-state index contributed by atoms with van der Waals surface area (Å²) in [5, 5.41) is 6.72. The Labute approximate surface area is 141 Å². The van der Waals surface area contributed by atoms with Gasteiger partial charge in [0.15, 0.2) is 5.96 Å². The van der Waals surface area contributed by atoms with Crippen LogP contribution in [0, 0.1) is 0 Å². The second-order valence-corrected chi connectivity index (χ2v) is 7.05. The van der Waals surface area contributed by atoms with Crippen LogP contribution in [0.3, 0.4) is 0 Å². The molecule has 3 heterocycles. The molecule has 2 aromatic rings. The monoisotopic (exact) mass is 331 g/mol. The van der Waals surface area contributed by atoms with Gasteiger partial charge >= 0.3 is 0 Å². The minimum absolute atomic E-state index is 0.713. The summed E-state index contributed by atoms with van der Waals surface area (Å²) >= 11 is 1.86. The molecule has 0 fully saturated rings. The van der Waals surface area contributed by atoms with Crippen LogP contribution in [0.2, 0.25) is 0 Å². The summed E-state index contributed by atoms with van der Waals surface area (Å²) in [6, 6.07) is 4.39. The molecule has 0 saturated heterocycles. The number of imidazole rings is 1. The molecule has 0 aliphatic carbocycles. The predicted octanol–water partition coefficient (Wildman–Crippen LogP) is 2.71. The van der Waals surface area contributed by atoms with Crippen molar-refractivity contribution in [1.29, 1.82) is 0 Å². The first-order chi connectivity index (χ1) is 11.3. The molecule has 1 aliphatic heterocycles. The van der Waals surface area contributed by atoms with Crippen LogP contribution in [-0.2, 0) is 32.5 Å². The molecule has 6 heteroatoms. The molecule has 2 aromatic heterocycles. The first-order valence-electron chi connectivity index (χ1n) is 8.35. The summed E-state index contributed by atoms with van der Waals surface area (Å²) in [7, 11) is 1.80. The van der Waals surface area contributed by atoms with Gasteiger partial charge in [-0.3, -0.25) is 4.99 Å². The Balaban J connectivity index is 1.50. The molecule has 0 bridgehead atoms. The molecule has 3 rings (SSSR count). The van der Waals surface area contributed by atoms with Gasteiger partial charge in [-0.15, -0.1) is 11.3 Å². The van der Waals surface area contributed by atoms with E-state index in [2.05, 4.69) is 45.4 Å². The molecular weight excluding hydrogens is 306 g/mol. The van der Waals surface area contributed by atoms with Gasteiger partial charge in [-0.1, -0.05) is 6.92 Å². The number of nitrogens with one attached hydrogen (secondary N) is 2. The van der Waals surface area contributed by atoms with Crippen LogP contribution in [0.25, 0.3) is 0 Å². The lowest BCUT2D eigenvalue weighted by Crippen LogP contribution is -2.36. The second-order valence-electron chi connectivity index (χ2n) is 5.80. The molecule has 1 aliphatic rings. The van der Waals surface area contributed by atoms with Crippen molar-refractivity contribution in [2.45, 2.75) is 52.2 Å². The van der Waals surface area contributed by atoms with E-state index in [1.54, 1.807) is 7.05 Å². The second kappa shape index (κ2) is 7.64. The molecule has 0 atom stereocenters. The Kier molecular flexibility index (Phi) is 5.33. The van der Waals surface area contributed by atoms with Crippen LogP contribution in [0.15, 0.2) is 23.3 Å². The quantitative estimate of drug-likeness (QED) is 0.654. The molecule has 124 valence electrons. The van der Waals surface area contributed by atoms with Crippen molar-refractivity contribution in [3.63, 3.8) is 0 Å². The molecule has 0 radical (unpaired) electrons. The van der Waals surface area contributed by atoms with E-state index in [4.69, 9.17) is 4.98 Å². The summed E-state index contributed by atoms with van der Waals surface area (Å²) in [5.41, 5.74) is 1.09. The summed E-state index contributed by atoms with van der Waals surface area (Å²) < 4.78 is 2.29. The number of thiophene rings is 1. The first kappa shape index (κ1) is 16.1. The minimum Gasteiger partial charge on any atom is -0.352 e. The Hall–Kier alpha value is -1.82. The van der Waals surface area contributed by atoms with Crippen molar-refractivity contribution in [1.82, 2.24) is 20.2 Å². The standard InChI is InChI=1S/C17H25N5S/c1-3-14-7-8-15(23-14)11-20-17(18-2)19-10-13-12-22-9-5-4-6-16(22)21-13/h7-8,12H,3-6,9-11H2,1-2H3,(H2,18,19,20). The topological polar surface area (TPSA) is 54.2 Å². The van der Waals surface area contributed by atoms with Crippen LogP contribution in [0.5, 0.6) is 0 Å². The van der Waals surface area contributed by atoms with Crippen molar-refractivity contribution in [2.24, 2.45) is 4.99 Å². The smallest absolute Gasteiger partial charge is 0.191 e. The van der Waals surface area contributed by atoms with Gasteiger partial charge in [0.05, 0.1) is 18.8 Å². The van der Waals surface area contributed by atoms with Gasteiger partial charge in [0.2, 0.25) is 0 Å². The van der Waals surface area contributed by atoms with Gasteiger partial charge in [0.25, 0.3) is 0 Å². The van der Waals surface area contributed by atoms with Crippen LogP contribution in [0.4, 0.5) is 0 Å². The summed E-state index contributed by atoms with van der Waals surface area (Å²) in [6.07, 6.45) is 6.89. The molecular formula is C17H25N5S. The fourth-order valence-electron chi connectivity index (χ4n) is 2.83. The van der Waals surface area contributed by atoms with Crippen molar-refractivity contribution < 1.29 is 0 Å². The Bertz CT molecular complexity index is 647. The SMILES string of the molecule is CCc1ccc(CNC(=NC)NCc2cn3c(n2)CCCC3)s1. The van der Waals surface area contributed by atoms with Gasteiger partial charge in [-0.05, 0) is 31.4 Å². The largest absolute Gasteiger partial charge is 0.352 e. The maximum atomic E-state index is 4.71. The normalized spacial score (nSPS) is 14.6. The summed E-state index contributed by atoms with van der Waals surface area (Å²) in [4.78, 5) is 11.8. The zero-order valence-corrected chi connectivity index (χ0v) is 14.7. The maximum Gasteiger partial charge on any atom is 0.191 e. The van der Waals surface area contributed by atoms with Crippen molar-refractivity contribution in [2.75, 3.05) is 7.05 Å². The molecule has 2 N–H and O–H groups in total. The zero-order valence-electron chi connectivity index (χ0n) is 13.9. The average molecular weight is 331 g/mol. The Morgan fingerprint density at radius 3 is 2.83 bits per heavy atom. The van der Waals surface area contributed by atoms with E-state index in [-0.39, 0.29) is 0 Å². The number of aliphatic imine (C=N–C) groups is 1. The fraction of sp³-hybridized carbons (Fsp3) is 0.529. The van der Waals surface area contributed by atoms with E-state index in [1.807, 2.05) is 11.3 Å².